The van der Waals surface area contributed by atoms with Crippen LogP contribution in [0.2, 0.25) is 0 Å². The maximum Gasteiger partial charge on any atom is 0.232 e. The summed E-state index contributed by atoms with van der Waals surface area (Å²) in [5.74, 6) is 2.17. The molecule has 15 heavy (non-hydrogen) atoms. The second kappa shape index (κ2) is 4.75. The Morgan fingerprint density at radius 1 is 1.40 bits per heavy atom. The summed E-state index contributed by atoms with van der Waals surface area (Å²) in [5, 5.41) is 7.92. The van der Waals surface area contributed by atoms with Crippen LogP contribution in [-0.4, -0.2) is 10.2 Å². The summed E-state index contributed by atoms with van der Waals surface area (Å²) in [6.45, 7) is 1.86. The Bertz CT molecular complexity index is 303. The van der Waals surface area contributed by atoms with Crippen molar-refractivity contribution in [2.45, 2.75) is 51.5 Å². The zero-order chi connectivity index (χ0) is 10.7. The summed E-state index contributed by atoms with van der Waals surface area (Å²) >= 11 is 0. The number of rotatable bonds is 4. The van der Waals surface area contributed by atoms with Gasteiger partial charge in [-0.1, -0.05) is 25.7 Å². The van der Waals surface area contributed by atoms with E-state index in [1.165, 1.54) is 32.1 Å². The second-order valence-corrected chi connectivity index (χ2v) is 4.51. The van der Waals surface area contributed by atoms with Gasteiger partial charge in [-0.15, -0.1) is 10.2 Å². The minimum atomic E-state index is -0.155. The first-order chi connectivity index (χ1) is 7.25. The number of aryl methyl sites for hydroxylation is 1. The van der Waals surface area contributed by atoms with Crippen LogP contribution >= 0.6 is 0 Å². The third kappa shape index (κ3) is 2.78. The van der Waals surface area contributed by atoms with Crippen LogP contribution in [0.1, 0.15) is 56.9 Å². The molecule has 1 aromatic rings. The zero-order valence-electron chi connectivity index (χ0n) is 9.28. The fourth-order valence-electron chi connectivity index (χ4n) is 2.18. The third-order valence-electron chi connectivity index (χ3n) is 3.11. The van der Waals surface area contributed by atoms with Gasteiger partial charge in [-0.3, -0.25) is 0 Å². The van der Waals surface area contributed by atoms with Crippen molar-refractivity contribution in [3.05, 3.63) is 11.8 Å². The lowest BCUT2D eigenvalue weighted by atomic mass is 10.0. The number of nitrogens with two attached hydrogens (primary N) is 1. The van der Waals surface area contributed by atoms with E-state index in [9.17, 15) is 0 Å². The van der Waals surface area contributed by atoms with E-state index in [-0.39, 0.29) is 6.04 Å². The molecule has 0 radical (unpaired) electrons. The first kappa shape index (κ1) is 10.6. The minimum absolute atomic E-state index is 0.155. The highest BCUT2D eigenvalue weighted by atomic mass is 16.4. The molecule has 84 valence electrons. The van der Waals surface area contributed by atoms with Gasteiger partial charge in [-0.25, -0.2) is 0 Å². The molecular formula is C11H19N3O. The summed E-state index contributed by atoms with van der Waals surface area (Å²) in [5.41, 5.74) is 5.65. The molecule has 4 heteroatoms. The Labute approximate surface area is 90.3 Å². The fraction of sp³-hybridized carbons (Fsp3) is 0.818. The predicted molar refractivity (Wildman–Crippen MR) is 57.2 cm³/mol. The normalized spacial score (nSPS) is 19.6. The predicted octanol–water partition coefficient (Wildman–Crippen LogP) is 2.21. The van der Waals surface area contributed by atoms with Gasteiger partial charge in [0, 0.05) is 6.42 Å². The molecular weight excluding hydrogens is 190 g/mol. The molecule has 0 aliphatic heterocycles. The molecule has 1 aromatic heterocycles. The molecule has 0 bridgehead atoms. The summed E-state index contributed by atoms with van der Waals surface area (Å²) in [7, 11) is 0. The lowest BCUT2D eigenvalue weighted by molar-refractivity contribution is 0.402. The van der Waals surface area contributed by atoms with Crippen LogP contribution in [0.4, 0.5) is 0 Å². The van der Waals surface area contributed by atoms with Crippen LogP contribution in [0.5, 0.6) is 0 Å². The third-order valence-corrected chi connectivity index (χ3v) is 3.11. The van der Waals surface area contributed by atoms with Gasteiger partial charge in [-0.2, -0.15) is 0 Å². The summed E-state index contributed by atoms with van der Waals surface area (Å²) in [4.78, 5) is 0. The Balaban J connectivity index is 1.82. The van der Waals surface area contributed by atoms with Crippen molar-refractivity contribution >= 4 is 0 Å². The maximum absolute atomic E-state index is 5.65. The fourth-order valence-corrected chi connectivity index (χ4v) is 2.18. The lowest BCUT2D eigenvalue weighted by Gasteiger charge is -2.05. The van der Waals surface area contributed by atoms with E-state index >= 15 is 0 Å². The largest absolute Gasteiger partial charge is 0.424 e. The van der Waals surface area contributed by atoms with Gasteiger partial charge in [0.1, 0.15) is 0 Å². The van der Waals surface area contributed by atoms with Crippen molar-refractivity contribution in [3.63, 3.8) is 0 Å². The lowest BCUT2D eigenvalue weighted by Crippen LogP contribution is -2.04. The van der Waals surface area contributed by atoms with Gasteiger partial charge in [0.15, 0.2) is 0 Å². The number of aromatic nitrogens is 2. The molecule has 1 aliphatic rings. The van der Waals surface area contributed by atoms with Crippen LogP contribution in [-0.2, 0) is 6.42 Å². The zero-order valence-corrected chi connectivity index (χ0v) is 9.28. The van der Waals surface area contributed by atoms with E-state index in [1.54, 1.807) is 0 Å². The highest BCUT2D eigenvalue weighted by Gasteiger charge is 2.16. The van der Waals surface area contributed by atoms with Crippen molar-refractivity contribution in [2.75, 3.05) is 0 Å². The molecule has 4 nitrogen and oxygen atoms in total. The molecule has 1 saturated carbocycles. The Hall–Kier alpha value is -0.900. The minimum Gasteiger partial charge on any atom is -0.424 e. The molecule has 1 aliphatic carbocycles. The number of nitrogens with zero attached hydrogens (tertiary/aromatic N) is 2. The van der Waals surface area contributed by atoms with Crippen LogP contribution < -0.4 is 5.73 Å². The second-order valence-electron chi connectivity index (χ2n) is 4.51. The van der Waals surface area contributed by atoms with E-state index in [2.05, 4.69) is 10.2 Å². The molecule has 0 amide bonds. The van der Waals surface area contributed by atoms with E-state index in [4.69, 9.17) is 10.2 Å². The first-order valence-electron chi connectivity index (χ1n) is 5.83. The number of hydrogen-bond acceptors (Lipinski definition) is 4. The van der Waals surface area contributed by atoms with Gasteiger partial charge in [-0.05, 0) is 19.3 Å². The van der Waals surface area contributed by atoms with Crippen LogP contribution in [0, 0.1) is 5.92 Å². The van der Waals surface area contributed by atoms with Gasteiger partial charge < -0.3 is 10.2 Å². The first-order valence-corrected chi connectivity index (χ1v) is 5.83. The van der Waals surface area contributed by atoms with Crippen LogP contribution in [0.3, 0.4) is 0 Å². The molecule has 0 aromatic carbocycles. The highest BCUT2D eigenvalue weighted by Crippen LogP contribution is 2.28. The van der Waals surface area contributed by atoms with Crippen molar-refractivity contribution in [3.8, 4) is 0 Å². The maximum atomic E-state index is 5.65. The molecule has 1 heterocycles. The van der Waals surface area contributed by atoms with E-state index in [0.29, 0.717) is 5.89 Å². The Morgan fingerprint density at radius 3 is 2.73 bits per heavy atom. The van der Waals surface area contributed by atoms with Gasteiger partial charge >= 0.3 is 0 Å². The van der Waals surface area contributed by atoms with E-state index < -0.39 is 0 Å². The van der Waals surface area contributed by atoms with Gasteiger partial charge in [0.05, 0.1) is 6.04 Å². The molecule has 0 saturated heterocycles. The van der Waals surface area contributed by atoms with Crippen molar-refractivity contribution in [1.29, 1.82) is 0 Å². The molecule has 2 N–H and O–H groups in total. The topological polar surface area (TPSA) is 64.9 Å². The van der Waals surface area contributed by atoms with E-state index in [0.717, 1.165) is 18.2 Å². The smallest absolute Gasteiger partial charge is 0.232 e. The van der Waals surface area contributed by atoms with Crippen LogP contribution in [0.15, 0.2) is 4.42 Å². The number of hydrogen-bond donors (Lipinski definition) is 1. The Morgan fingerprint density at radius 2 is 2.13 bits per heavy atom. The van der Waals surface area contributed by atoms with Crippen molar-refractivity contribution in [2.24, 2.45) is 11.7 Å². The molecule has 1 unspecified atom stereocenters. The van der Waals surface area contributed by atoms with Crippen molar-refractivity contribution in [1.82, 2.24) is 10.2 Å². The quantitative estimate of drug-likeness (QED) is 0.825. The van der Waals surface area contributed by atoms with Gasteiger partial charge in [0.25, 0.3) is 0 Å². The van der Waals surface area contributed by atoms with Gasteiger partial charge in [0.2, 0.25) is 11.8 Å². The van der Waals surface area contributed by atoms with Crippen molar-refractivity contribution < 1.29 is 4.42 Å². The average Bonchev–Trinajstić information content (AvgIpc) is 2.86. The Kier molecular flexibility index (Phi) is 3.36. The molecule has 2 rings (SSSR count). The van der Waals surface area contributed by atoms with Crippen LogP contribution in [0.25, 0.3) is 0 Å². The molecule has 1 fully saturated rings. The SMILES string of the molecule is CC(N)c1nnc(CCC2CCCC2)o1. The summed E-state index contributed by atoms with van der Waals surface area (Å²) < 4.78 is 5.46. The standard InChI is InChI=1S/C11H19N3O/c1-8(12)11-14-13-10(15-11)7-6-9-4-2-3-5-9/h8-9H,2-7,12H2,1H3. The molecule has 1 atom stereocenters. The highest BCUT2D eigenvalue weighted by molar-refractivity contribution is 4.87. The van der Waals surface area contributed by atoms with E-state index in [1.807, 2.05) is 6.92 Å². The molecule has 0 spiro atoms. The summed E-state index contributed by atoms with van der Waals surface area (Å²) in [6, 6.07) is -0.155. The summed E-state index contributed by atoms with van der Waals surface area (Å²) in [6.07, 6.45) is 7.60. The average molecular weight is 209 g/mol. The monoisotopic (exact) mass is 209 g/mol.